The lowest BCUT2D eigenvalue weighted by molar-refractivity contribution is -0.129. The summed E-state index contributed by atoms with van der Waals surface area (Å²) in [7, 11) is 3.40. The zero-order chi connectivity index (χ0) is 17.5. The second-order valence-corrected chi connectivity index (χ2v) is 6.57. The summed E-state index contributed by atoms with van der Waals surface area (Å²) < 4.78 is 6.17. The van der Waals surface area contributed by atoms with Crippen LogP contribution in [0.15, 0.2) is 27.7 Å². The molecule has 2 N–H and O–H groups in total. The van der Waals surface area contributed by atoms with Gasteiger partial charge in [0.15, 0.2) is 5.96 Å². The minimum atomic E-state index is 0.213. The Kier molecular flexibility index (Phi) is 6.90. The number of hydrogen-bond donors (Lipinski definition) is 2. The van der Waals surface area contributed by atoms with E-state index in [4.69, 9.17) is 4.74 Å². The van der Waals surface area contributed by atoms with E-state index >= 15 is 0 Å². The van der Waals surface area contributed by atoms with E-state index in [0.29, 0.717) is 13.0 Å². The van der Waals surface area contributed by atoms with Crippen LogP contribution in [0.2, 0.25) is 0 Å². The smallest absolute Gasteiger partial charge is 0.222 e. The maximum Gasteiger partial charge on any atom is 0.222 e. The number of amides is 1. The Morgan fingerprint density at radius 1 is 1.50 bits per heavy atom. The highest BCUT2D eigenvalue weighted by Gasteiger charge is 2.25. The molecule has 0 aliphatic carbocycles. The van der Waals surface area contributed by atoms with Crippen LogP contribution in [0.5, 0.6) is 5.75 Å². The number of nitrogens with one attached hydrogen (secondary N) is 2. The standard InChI is InChI=1S/C17H25BrN4O2/c1-4-16(23)22-8-7-13(11-22)21-17(19-2)20-10-12-5-6-15(24-3)14(18)9-12/h5-6,9,13H,4,7-8,10-11H2,1-3H3,(H2,19,20,21). The van der Waals surface area contributed by atoms with Gasteiger partial charge in [0.1, 0.15) is 5.75 Å². The molecule has 0 bridgehead atoms. The topological polar surface area (TPSA) is 66.0 Å². The maximum absolute atomic E-state index is 11.7. The lowest BCUT2D eigenvalue weighted by atomic mass is 10.2. The number of hydrogen-bond acceptors (Lipinski definition) is 3. The fourth-order valence-corrected chi connectivity index (χ4v) is 3.31. The van der Waals surface area contributed by atoms with Gasteiger partial charge in [-0.2, -0.15) is 0 Å². The SMILES string of the molecule is CCC(=O)N1CCC(NC(=NC)NCc2ccc(OC)c(Br)c2)C1. The van der Waals surface area contributed by atoms with Crippen LogP contribution in [0.1, 0.15) is 25.3 Å². The summed E-state index contributed by atoms with van der Waals surface area (Å²) in [4.78, 5) is 17.9. The first-order chi connectivity index (χ1) is 11.6. The second kappa shape index (κ2) is 8.92. The van der Waals surface area contributed by atoms with Crippen LogP contribution >= 0.6 is 15.9 Å². The molecule has 2 rings (SSSR count). The third-order valence-electron chi connectivity index (χ3n) is 4.08. The number of carbonyl (C=O) groups excluding carboxylic acids is 1. The molecule has 1 saturated heterocycles. The molecule has 24 heavy (non-hydrogen) atoms. The van der Waals surface area contributed by atoms with E-state index in [0.717, 1.165) is 41.3 Å². The van der Waals surface area contributed by atoms with Crippen molar-refractivity contribution in [2.75, 3.05) is 27.2 Å². The van der Waals surface area contributed by atoms with Crippen LogP contribution in [0.4, 0.5) is 0 Å². The lowest BCUT2D eigenvalue weighted by Crippen LogP contribution is -2.44. The van der Waals surface area contributed by atoms with Crippen molar-refractivity contribution in [3.05, 3.63) is 28.2 Å². The van der Waals surface area contributed by atoms with Gasteiger partial charge in [0.05, 0.1) is 11.6 Å². The largest absolute Gasteiger partial charge is 0.496 e. The number of carbonyl (C=O) groups is 1. The van der Waals surface area contributed by atoms with Crippen molar-refractivity contribution in [3.8, 4) is 5.75 Å². The molecule has 1 aliphatic rings. The molecule has 1 amide bonds. The van der Waals surface area contributed by atoms with E-state index < -0.39 is 0 Å². The van der Waals surface area contributed by atoms with Gasteiger partial charge in [0.2, 0.25) is 5.91 Å². The van der Waals surface area contributed by atoms with Crippen LogP contribution < -0.4 is 15.4 Å². The number of methoxy groups -OCH3 is 1. The van der Waals surface area contributed by atoms with Gasteiger partial charge in [-0.25, -0.2) is 0 Å². The van der Waals surface area contributed by atoms with Gasteiger partial charge in [-0.05, 0) is 40.0 Å². The molecule has 0 spiro atoms. The number of aliphatic imine (C=N–C) groups is 1. The normalized spacial score (nSPS) is 17.8. The molecule has 1 aromatic carbocycles. The summed E-state index contributed by atoms with van der Waals surface area (Å²) in [6.07, 6.45) is 1.51. The summed E-state index contributed by atoms with van der Waals surface area (Å²) in [6.45, 7) is 4.11. The Hall–Kier alpha value is -1.76. The second-order valence-electron chi connectivity index (χ2n) is 5.72. The molecule has 0 saturated carbocycles. The molecule has 1 atom stereocenters. The van der Waals surface area contributed by atoms with Gasteiger partial charge in [0.25, 0.3) is 0 Å². The average Bonchev–Trinajstić information content (AvgIpc) is 3.06. The summed E-state index contributed by atoms with van der Waals surface area (Å²) in [5.74, 6) is 1.77. The Morgan fingerprint density at radius 2 is 2.29 bits per heavy atom. The fraction of sp³-hybridized carbons (Fsp3) is 0.529. The number of halogens is 1. The van der Waals surface area contributed by atoms with Crippen LogP contribution in [-0.2, 0) is 11.3 Å². The van der Waals surface area contributed by atoms with Crippen LogP contribution in [0.3, 0.4) is 0 Å². The predicted octanol–water partition coefficient (Wildman–Crippen LogP) is 2.13. The van der Waals surface area contributed by atoms with Gasteiger partial charge in [-0.15, -0.1) is 0 Å². The highest BCUT2D eigenvalue weighted by atomic mass is 79.9. The fourth-order valence-electron chi connectivity index (χ4n) is 2.72. The number of likely N-dealkylation sites (tertiary alicyclic amines) is 1. The van der Waals surface area contributed by atoms with E-state index in [1.54, 1.807) is 14.2 Å². The summed E-state index contributed by atoms with van der Waals surface area (Å²) in [5, 5.41) is 6.70. The number of rotatable bonds is 5. The first-order valence-corrected chi connectivity index (χ1v) is 8.94. The number of ether oxygens (including phenoxy) is 1. The highest BCUT2D eigenvalue weighted by molar-refractivity contribution is 9.10. The Labute approximate surface area is 151 Å². The molecule has 1 fully saturated rings. The quantitative estimate of drug-likeness (QED) is 0.590. The van der Waals surface area contributed by atoms with E-state index in [1.165, 1.54) is 0 Å². The Morgan fingerprint density at radius 3 is 2.92 bits per heavy atom. The average molecular weight is 397 g/mol. The van der Waals surface area contributed by atoms with Crippen molar-refractivity contribution in [3.63, 3.8) is 0 Å². The third-order valence-corrected chi connectivity index (χ3v) is 4.70. The molecule has 0 radical (unpaired) electrons. The Balaban J connectivity index is 1.85. The third kappa shape index (κ3) is 4.87. The first kappa shape index (κ1) is 18.6. The zero-order valence-corrected chi connectivity index (χ0v) is 16.0. The summed E-state index contributed by atoms with van der Waals surface area (Å²) in [5.41, 5.74) is 1.12. The van der Waals surface area contributed by atoms with E-state index in [1.807, 2.05) is 30.0 Å². The number of benzene rings is 1. The number of guanidine groups is 1. The van der Waals surface area contributed by atoms with Crippen molar-refractivity contribution >= 4 is 27.8 Å². The molecular weight excluding hydrogens is 372 g/mol. The summed E-state index contributed by atoms with van der Waals surface area (Å²) >= 11 is 3.49. The van der Waals surface area contributed by atoms with Crippen LogP contribution in [-0.4, -0.2) is 50.1 Å². The molecular formula is C17H25BrN4O2. The van der Waals surface area contributed by atoms with Crippen molar-refractivity contribution in [2.24, 2.45) is 4.99 Å². The monoisotopic (exact) mass is 396 g/mol. The maximum atomic E-state index is 11.7. The van der Waals surface area contributed by atoms with Gasteiger partial charge in [-0.3, -0.25) is 9.79 Å². The molecule has 7 heteroatoms. The van der Waals surface area contributed by atoms with Crippen LogP contribution in [0, 0.1) is 0 Å². The molecule has 6 nitrogen and oxygen atoms in total. The van der Waals surface area contributed by atoms with Crippen molar-refractivity contribution in [1.29, 1.82) is 0 Å². The summed E-state index contributed by atoms with van der Waals surface area (Å²) in [6, 6.07) is 6.22. The first-order valence-electron chi connectivity index (χ1n) is 8.14. The van der Waals surface area contributed by atoms with Crippen molar-refractivity contribution in [2.45, 2.75) is 32.4 Å². The van der Waals surface area contributed by atoms with Gasteiger partial charge >= 0.3 is 0 Å². The zero-order valence-electron chi connectivity index (χ0n) is 14.4. The molecule has 0 aromatic heterocycles. The molecule has 1 heterocycles. The van der Waals surface area contributed by atoms with Gasteiger partial charge in [-0.1, -0.05) is 13.0 Å². The van der Waals surface area contributed by atoms with Crippen molar-refractivity contribution < 1.29 is 9.53 Å². The van der Waals surface area contributed by atoms with Crippen LogP contribution in [0.25, 0.3) is 0 Å². The van der Waals surface area contributed by atoms with E-state index in [9.17, 15) is 4.79 Å². The predicted molar refractivity (Wildman–Crippen MR) is 99.3 cm³/mol. The lowest BCUT2D eigenvalue weighted by Gasteiger charge is -2.19. The minimum absolute atomic E-state index is 0.213. The molecule has 132 valence electrons. The van der Waals surface area contributed by atoms with Crippen molar-refractivity contribution in [1.82, 2.24) is 15.5 Å². The van der Waals surface area contributed by atoms with E-state index in [-0.39, 0.29) is 11.9 Å². The van der Waals surface area contributed by atoms with Gasteiger partial charge < -0.3 is 20.3 Å². The highest BCUT2D eigenvalue weighted by Crippen LogP contribution is 2.25. The molecule has 1 aliphatic heterocycles. The molecule has 1 aromatic rings. The van der Waals surface area contributed by atoms with Gasteiger partial charge in [0, 0.05) is 39.1 Å². The Bertz CT molecular complexity index is 606. The molecule has 1 unspecified atom stereocenters. The minimum Gasteiger partial charge on any atom is -0.496 e. The number of nitrogens with zero attached hydrogens (tertiary/aromatic N) is 2. The van der Waals surface area contributed by atoms with E-state index in [2.05, 4.69) is 31.6 Å².